The fourth-order valence-electron chi connectivity index (χ4n) is 1.69. The monoisotopic (exact) mass is 340 g/mol. The lowest BCUT2D eigenvalue weighted by molar-refractivity contribution is -0.139. The van der Waals surface area contributed by atoms with Crippen molar-refractivity contribution in [3.63, 3.8) is 0 Å². The molecular weight excluding hydrogens is 328 g/mol. The molecule has 0 bridgehead atoms. The third-order valence-corrected chi connectivity index (χ3v) is 4.05. The zero-order valence-electron chi connectivity index (χ0n) is 11.9. The van der Waals surface area contributed by atoms with Crippen molar-refractivity contribution < 1.29 is 19.1 Å². The summed E-state index contributed by atoms with van der Waals surface area (Å²) in [6.07, 6.45) is 0.179. The van der Waals surface area contributed by atoms with Crippen molar-refractivity contribution in [1.82, 2.24) is 4.98 Å². The highest BCUT2D eigenvalue weighted by Crippen LogP contribution is 2.29. The van der Waals surface area contributed by atoms with Gasteiger partial charge in [0.15, 0.2) is 15.2 Å². The molecule has 0 atom stereocenters. The van der Waals surface area contributed by atoms with Crippen molar-refractivity contribution in [1.29, 1.82) is 0 Å². The molecule has 116 valence electrons. The molecule has 0 aliphatic carbocycles. The predicted molar refractivity (Wildman–Crippen MR) is 83.9 cm³/mol. The van der Waals surface area contributed by atoms with Gasteiger partial charge in [-0.1, -0.05) is 35.1 Å². The maximum Gasteiger partial charge on any atom is 0.351 e. The number of benzene rings is 1. The minimum Gasteiger partial charge on any atom is -0.469 e. The van der Waals surface area contributed by atoms with Gasteiger partial charge in [-0.25, -0.2) is 9.78 Å². The van der Waals surface area contributed by atoms with Crippen molar-refractivity contribution in [2.24, 2.45) is 0 Å². The van der Waals surface area contributed by atoms with Crippen molar-refractivity contribution >= 4 is 45.7 Å². The number of methoxy groups -OCH3 is 2. The van der Waals surface area contributed by atoms with E-state index >= 15 is 0 Å². The number of aromatic nitrogens is 1. The third-order valence-electron chi connectivity index (χ3n) is 2.71. The standard InChI is InChI=1S/C14H13ClN2O4S/c1-20-10(18)7-8-4-3-5-9(6-8)16-14-17-12(15)11(22-14)13(19)21-2/h3-6H,7H2,1-2H3,(H,16,17). The van der Waals surface area contributed by atoms with Gasteiger partial charge in [0, 0.05) is 5.69 Å². The average molecular weight is 341 g/mol. The summed E-state index contributed by atoms with van der Waals surface area (Å²) in [4.78, 5) is 27.1. The van der Waals surface area contributed by atoms with Gasteiger partial charge in [0.1, 0.15) is 0 Å². The first kappa shape index (κ1) is 16.3. The molecule has 1 heterocycles. The molecule has 22 heavy (non-hydrogen) atoms. The van der Waals surface area contributed by atoms with Crippen LogP contribution in [0.1, 0.15) is 15.2 Å². The molecule has 0 radical (unpaired) electrons. The van der Waals surface area contributed by atoms with Crippen LogP contribution in [0.15, 0.2) is 24.3 Å². The summed E-state index contributed by atoms with van der Waals surface area (Å²) in [5, 5.41) is 3.59. The van der Waals surface area contributed by atoms with E-state index in [4.69, 9.17) is 11.6 Å². The fraction of sp³-hybridized carbons (Fsp3) is 0.214. The highest BCUT2D eigenvalue weighted by Gasteiger charge is 2.17. The number of thiazole rings is 1. The Kier molecular flexibility index (Phi) is 5.35. The van der Waals surface area contributed by atoms with E-state index in [2.05, 4.69) is 19.8 Å². The number of ether oxygens (including phenoxy) is 2. The van der Waals surface area contributed by atoms with Crippen molar-refractivity contribution in [3.8, 4) is 0 Å². The van der Waals surface area contributed by atoms with Gasteiger partial charge in [-0.05, 0) is 17.7 Å². The Balaban J connectivity index is 2.15. The largest absolute Gasteiger partial charge is 0.469 e. The SMILES string of the molecule is COC(=O)Cc1cccc(Nc2nc(Cl)c(C(=O)OC)s2)c1. The molecule has 0 spiro atoms. The molecule has 6 nitrogen and oxygen atoms in total. The maximum atomic E-state index is 11.5. The number of rotatable bonds is 5. The first-order valence-electron chi connectivity index (χ1n) is 6.21. The molecule has 2 aromatic rings. The van der Waals surface area contributed by atoms with Gasteiger partial charge >= 0.3 is 11.9 Å². The molecule has 0 amide bonds. The summed E-state index contributed by atoms with van der Waals surface area (Å²) >= 11 is 6.99. The zero-order chi connectivity index (χ0) is 16.1. The van der Waals surface area contributed by atoms with Crippen molar-refractivity contribution in [2.75, 3.05) is 19.5 Å². The summed E-state index contributed by atoms with van der Waals surface area (Å²) < 4.78 is 9.26. The number of carbonyl (C=O) groups excluding carboxylic acids is 2. The Bertz CT molecular complexity index is 702. The molecule has 0 aliphatic heterocycles. The predicted octanol–water partition coefficient (Wildman–Crippen LogP) is 3.04. The normalized spacial score (nSPS) is 10.1. The number of nitrogens with zero attached hydrogens (tertiary/aromatic N) is 1. The number of esters is 2. The number of anilines is 2. The van der Waals surface area contributed by atoms with Crippen LogP contribution in [0.2, 0.25) is 5.15 Å². The Labute approximate surface area is 136 Å². The number of carbonyl (C=O) groups is 2. The lowest BCUT2D eigenvalue weighted by atomic mass is 10.1. The highest BCUT2D eigenvalue weighted by atomic mass is 35.5. The second-order valence-corrected chi connectivity index (χ2v) is 5.57. The van der Waals surface area contributed by atoms with Crippen LogP contribution in [0.5, 0.6) is 0 Å². The van der Waals surface area contributed by atoms with Gasteiger partial charge in [-0.2, -0.15) is 0 Å². The first-order valence-corrected chi connectivity index (χ1v) is 7.40. The summed E-state index contributed by atoms with van der Waals surface area (Å²) in [7, 11) is 2.62. The van der Waals surface area contributed by atoms with E-state index in [-0.39, 0.29) is 22.4 Å². The Morgan fingerprint density at radius 2 is 2.09 bits per heavy atom. The van der Waals surface area contributed by atoms with E-state index in [1.165, 1.54) is 14.2 Å². The number of halogens is 1. The molecule has 0 fully saturated rings. The van der Waals surface area contributed by atoms with Crippen LogP contribution in [0.25, 0.3) is 0 Å². The maximum absolute atomic E-state index is 11.5. The summed E-state index contributed by atoms with van der Waals surface area (Å²) in [6, 6.07) is 7.23. The molecule has 8 heteroatoms. The van der Waals surface area contributed by atoms with Crippen LogP contribution in [0.4, 0.5) is 10.8 Å². The van der Waals surface area contributed by atoms with Crippen LogP contribution in [-0.2, 0) is 20.7 Å². The van der Waals surface area contributed by atoms with Crippen LogP contribution >= 0.6 is 22.9 Å². The summed E-state index contributed by atoms with van der Waals surface area (Å²) in [6.45, 7) is 0. The van der Waals surface area contributed by atoms with E-state index in [0.29, 0.717) is 5.13 Å². The lowest BCUT2D eigenvalue weighted by Crippen LogP contribution is -2.04. The van der Waals surface area contributed by atoms with E-state index in [9.17, 15) is 9.59 Å². The topological polar surface area (TPSA) is 77.5 Å². The Hall–Kier alpha value is -2.12. The average Bonchev–Trinajstić information content (AvgIpc) is 2.87. The van der Waals surface area contributed by atoms with E-state index in [1.54, 1.807) is 12.1 Å². The molecular formula is C14H13ClN2O4S. The smallest absolute Gasteiger partial charge is 0.351 e. The molecule has 0 saturated carbocycles. The van der Waals surface area contributed by atoms with Crippen LogP contribution < -0.4 is 5.32 Å². The number of hydrogen-bond acceptors (Lipinski definition) is 7. The molecule has 1 aromatic carbocycles. The van der Waals surface area contributed by atoms with E-state index < -0.39 is 5.97 Å². The minimum absolute atomic E-state index is 0.0880. The summed E-state index contributed by atoms with van der Waals surface area (Å²) in [5.74, 6) is -0.850. The van der Waals surface area contributed by atoms with Gasteiger partial charge in [0.25, 0.3) is 0 Å². The van der Waals surface area contributed by atoms with Gasteiger partial charge in [-0.15, -0.1) is 0 Å². The second kappa shape index (κ2) is 7.24. The zero-order valence-corrected chi connectivity index (χ0v) is 13.5. The van der Waals surface area contributed by atoms with Gasteiger partial charge in [0.2, 0.25) is 0 Å². The van der Waals surface area contributed by atoms with E-state index in [0.717, 1.165) is 22.6 Å². The van der Waals surface area contributed by atoms with Crippen molar-refractivity contribution in [3.05, 3.63) is 39.9 Å². The first-order chi connectivity index (χ1) is 10.5. The minimum atomic E-state index is -0.532. The molecule has 0 unspecified atom stereocenters. The molecule has 0 aliphatic rings. The van der Waals surface area contributed by atoms with Crippen LogP contribution in [0, 0.1) is 0 Å². The number of hydrogen-bond donors (Lipinski definition) is 1. The fourth-order valence-corrected chi connectivity index (χ4v) is 2.82. The third kappa shape index (κ3) is 3.96. The van der Waals surface area contributed by atoms with Crippen LogP contribution in [0.3, 0.4) is 0 Å². The van der Waals surface area contributed by atoms with Crippen LogP contribution in [-0.4, -0.2) is 31.1 Å². The lowest BCUT2D eigenvalue weighted by Gasteiger charge is -2.05. The Morgan fingerprint density at radius 3 is 2.77 bits per heavy atom. The number of nitrogens with one attached hydrogen (secondary N) is 1. The Morgan fingerprint density at radius 1 is 1.32 bits per heavy atom. The quantitative estimate of drug-likeness (QED) is 0.843. The molecule has 2 rings (SSSR count). The molecule has 0 saturated heterocycles. The van der Waals surface area contributed by atoms with E-state index in [1.807, 2.05) is 12.1 Å². The second-order valence-electron chi connectivity index (χ2n) is 4.21. The highest BCUT2D eigenvalue weighted by molar-refractivity contribution is 7.18. The van der Waals surface area contributed by atoms with Crippen molar-refractivity contribution in [2.45, 2.75) is 6.42 Å². The molecule has 1 aromatic heterocycles. The van der Waals surface area contributed by atoms with Gasteiger partial charge in [0.05, 0.1) is 20.6 Å². The van der Waals surface area contributed by atoms with Gasteiger partial charge in [-0.3, -0.25) is 4.79 Å². The summed E-state index contributed by atoms with van der Waals surface area (Å²) in [5.41, 5.74) is 1.52. The molecule has 1 N–H and O–H groups in total. The van der Waals surface area contributed by atoms with Gasteiger partial charge < -0.3 is 14.8 Å².